The highest BCUT2D eigenvalue weighted by atomic mass is 35.5. The van der Waals surface area contributed by atoms with Crippen LogP contribution in [0.5, 0.6) is 0 Å². The van der Waals surface area contributed by atoms with Gasteiger partial charge in [-0.25, -0.2) is 0 Å². The van der Waals surface area contributed by atoms with E-state index in [1.807, 2.05) is 13.0 Å². The standard InChI is InChI=1S/C25H33ClO5/c1-5-21(30)31-13-19(28)22-14(2)10-18-17-7-6-15-11-16(27)8-9-24(15,4)25(17,26)20(29)12-23(18,22)3/h8-9,11,14,17-18,20,22,29H,5-7,10,12-13H2,1-4H3/t14-,17-,18-,20-,22?,23+,24-,25-/m0/s1. The highest BCUT2D eigenvalue weighted by Crippen LogP contribution is 2.70. The predicted octanol–water partition coefficient (Wildman–Crippen LogP) is 4.01. The summed E-state index contributed by atoms with van der Waals surface area (Å²) >= 11 is 7.41. The molecule has 0 radical (unpaired) electrons. The molecule has 0 aromatic heterocycles. The Morgan fingerprint density at radius 2 is 2.00 bits per heavy atom. The normalized spacial score (nSPS) is 45.9. The molecule has 4 rings (SSSR count). The van der Waals surface area contributed by atoms with Crippen molar-refractivity contribution in [2.24, 2.45) is 34.5 Å². The van der Waals surface area contributed by atoms with Gasteiger partial charge in [0, 0.05) is 17.8 Å². The maximum atomic E-state index is 13.2. The van der Waals surface area contributed by atoms with Crippen molar-refractivity contribution in [2.75, 3.05) is 6.61 Å². The van der Waals surface area contributed by atoms with Gasteiger partial charge in [-0.1, -0.05) is 39.3 Å². The third-order valence-electron chi connectivity index (χ3n) is 8.99. The Kier molecular flexibility index (Phi) is 5.54. The van der Waals surface area contributed by atoms with E-state index in [4.69, 9.17) is 16.3 Å². The van der Waals surface area contributed by atoms with Crippen molar-refractivity contribution in [3.8, 4) is 0 Å². The van der Waals surface area contributed by atoms with Crippen LogP contribution in [0.15, 0.2) is 23.8 Å². The van der Waals surface area contributed by atoms with E-state index in [1.165, 1.54) is 0 Å². The smallest absolute Gasteiger partial charge is 0.305 e. The zero-order chi connectivity index (χ0) is 22.8. The summed E-state index contributed by atoms with van der Waals surface area (Å²) in [6, 6.07) is 0. The first-order chi connectivity index (χ1) is 14.5. The summed E-state index contributed by atoms with van der Waals surface area (Å²) in [6.07, 6.45) is 7.42. The Morgan fingerprint density at radius 3 is 2.68 bits per heavy atom. The molecule has 1 N–H and O–H groups in total. The van der Waals surface area contributed by atoms with Crippen LogP contribution in [0.2, 0.25) is 0 Å². The van der Waals surface area contributed by atoms with Crippen LogP contribution in [0.3, 0.4) is 0 Å². The highest BCUT2D eigenvalue weighted by Gasteiger charge is 2.70. The maximum Gasteiger partial charge on any atom is 0.305 e. The summed E-state index contributed by atoms with van der Waals surface area (Å²) in [5.41, 5.74) is 0.0105. The van der Waals surface area contributed by atoms with Gasteiger partial charge in [0.05, 0.1) is 11.0 Å². The second kappa shape index (κ2) is 7.55. The molecular formula is C25H33ClO5. The SMILES string of the molecule is CCC(=O)OCC(=O)C1[C@@H](C)C[C@H]2[C@@H]3CCC4=CC(=O)C=C[C@]4(C)[C@@]3(Cl)[C@@H](O)C[C@@]12C. The topological polar surface area (TPSA) is 80.7 Å². The Bertz CT molecular complexity index is 877. The Balaban J connectivity index is 1.68. The molecule has 3 fully saturated rings. The minimum atomic E-state index is -0.912. The molecule has 4 aliphatic rings. The van der Waals surface area contributed by atoms with E-state index < -0.39 is 21.8 Å². The van der Waals surface area contributed by atoms with Gasteiger partial charge in [-0.15, -0.1) is 11.6 Å². The lowest BCUT2D eigenvalue weighted by Crippen LogP contribution is -2.66. The monoisotopic (exact) mass is 448 g/mol. The molecule has 0 aliphatic heterocycles. The van der Waals surface area contributed by atoms with Gasteiger partial charge in [-0.3, -0.25) is 14.4 Å². The number of allylic oxidation sites excluding steroid dienone is 4. The van der Waals surface area contributed by atoms with Gasteiger partial charge in [-0.05, 0) is 61.0 Å². The number of alkyl halides is 1. The van der Waals surface area contributed by atoms with Gasteiger partial charge < -0.3 is 9.84 Å². The van der Waals surface area contributed by atoms with Crippen molar-refractivity contribution in [1.82, 2.24) is 0 Å². The minimum absolute atomic E-state index is 0.0249. The van der Waals surface area contributed by atoms with E-state index in [0.29, 0.717) is 6.42 Å². The summed E-state index contributed by atoms with van der Waals surface area (Å²) in [5.74, 6) is -0.386. The summed E-state index contributed by atoms with van der Waals surface area (Å²) in [6.45, 7) is 7.74. The van der Waals surface area contributed by atoms with Crippen LogP contribution in [0.25, 0.3) is 0 Å². The average Bonchev–Trinajstić information content (AvgIpc) is 2.97. The number of halogens is 1. The molecule has 31 heavy (non-hydrogen) atoms. The largest absolute Gasteiger partial charge is 0.458 e. The van der Waals surface area contributed by atoms with Crippen LogP contribution in [-0.4, -0.2) is 40.2 Å². The number of hydrogen-bond donors (Lipinski definition) is 1. The predicted molar refractivity (Wildman–Crippen MR) is 117 cm³/mol. The number of aliphatic hydroxyl groups excluding tert-OH is 1. The lowest BCUT2D eigenvalue weighted by atomic mass is 9.46. The molecule has 3 saturated carbocycles. The van der Waals surface area contributed by atoms with Crippen LogP contribution >= 0.6 is 11.6 Å². The summed E-state index contributed by atoms with van der Waals surface area (Å²) in [7, 11) is 0. The first-order valence-corrected chi connectivity index (χ1v) is 11.9. The zero-order valence-electron chi connectivity index (χ0n) is 18.8. The Hall–Kier alpha value is -1.46. The molecule has 4 aliphatic carbocycles. The maximum absolute atomic E-state index is 13.2. The van der Waals surface area contributed by atoms with Gasteiger partial charge in [0.25, 0.3) is 0 Å². The average molecular weight is 449 g/mol. The van der Waals surface area contributed by atoms with E-state index in [9.17, 15) is 19.5 Å². The van der Waals surface area contributed by atoms with Gasteiger partial charge in [-0.2, -0.15) is 0 Å². The quantitative estimate of drug-likeness (QED) is 0.519. The minimum Gasteiger partial charge on any atom is -0.458 e. The molecule has 170 valence electrons. The fourth-order valence-electron chi connectivity index (χ4n) is 7.61. The van der Waals surface area contributed by atoms with Gasteiger partial charge >= 0.3 is 5.97 Å². The summed E-state index contributed by atoms with van der Waals surface area (Å²) < 4.78 is 5.16. The molecule has 0 saturated heterocycles. The molecule has 0 amide bonds. The molecule has 5 nitrogen and oxygen atoms in total. The van der Waals surface area contributed by atoms with Crippen LogP contribution < -0.4 is 0 Å². The summed E-state index contributed by atoms with van der Waals surface area (Å²) in [4.78, 5) is 35.8. The van der Waals surface area contributed by atoms with Crippen molar-refractivity contribution in [2.45, 2.75) is 70.8 Å². The number of rotatable bonds is 4. The van der Waals surface area contributed by atoms with Crippen molar-refractivity contribution in [3.05, 3.63) is 23.8 Å². The van der Waals surface area contributed by atoms with Crippen molar-refractivity contribution >= 4 is 29.1 Å². The number of esters is 1. The molecule has 0 bridgehead atoms. The van der Waals surface area contributed by atoms with Crippen molar-refractivity contribution in [3.63, 3.8) is 0 Å². The number of carbonyl (C=O) groups is 3. The molecule has 0 spiro atoms. The second-order valence-corrected chi connectivity index (χ2v) is 11.1. The van der Waals surface area contributed by atoms with Crippen LogP contribution in [0.4, 0.5) is 0 Å². The zero-order valence-corrected chi connectivity index (χ0v) is 19.6. The van der Waals surface area contributed by atoms with Gasteiger partial charge in [0.1, 0.15) is 6.61 Å². The molecule has 0 heterocycles. The molecule has 8 atom stereocenters. The Morgan fingerprint density at radius 1 is 1.29 bits per heavy atom. The number of ether oxygens (including phenoxy) is 1. The number of fused-ring (bicyclic) bond motifs is 5. The fourth-order valence-corrected chi connectivity index (χ4v) is 8.13. The second-order valence-electron chi connectivity index (χ2n) is 10.5. The van der Waals surface area contributed by atoms with E-state index in [-0.39, 0.29) is 54.2 Å². The molecule has 0 aromatic carbocycles. The van der Waals surface area contributed by atoms with Gasteiger partial charge in [0.2, 0.25) is 0 Å². The van der Waals surface area contributed by atoms with E-state index in [2.05, 4.69) is 13.8 Å². The van der Waals surface area contributed by atoms with Gasteiger partial charge in [0.15, 0.2) is 11.6 Å². The number of hydrogen-bond acceptors (Lipinski definition) is 5. The van der Waals surface area contributed by atoms with E-state index >= 15 is 0 Å². The summed E-state index contributed by atoms with van der Waals surface area (Å²) in [5, 5.41) is 11.5. The highest BCUT2D eigenvalue weighted by molar-refractivity contribution is 6.26. The number of ketones is 2. The molecular weight excluding hydrogens is 416 g/mol. The lowest BCUT2D eigenvalue weighted by Gasteiger charge is -2.63. The Labute approximate surface area is 189 Å². The molecule has 0 aromatic rings. The van der Waals surface area contributed by atoms with Crippen molar-refractivity contribution in [1.29, 1.82) is 0 Å². The van der Waals surface area contributed by atoms with Crippen LogP contribution in [0.1, 0.15) is 59.8 Å². The first-order valence-electron chi connectivity index (χ1n) is 11.5. The number of carbonyl (C=O) groups excluding carboxylic acids is 3. The first kappa shape index (κ1) is 22.7. The van der Waals surface area contributed by atoms with Crippen molar-refractivity contribution < 1.29 is 24.2 Å². The number of Topliss-reactive ketones (excluding diaryl/α,β-unsaturated/α-hetero) is 1. The van der Waals surface area contributed by atoms with Crippen LogP contribution in [-0.2, 0) is 19.1 Å². The fraction of sp³-hybridized carbons (Fsp3) is 0.720. The lowest BCUT2D eigenvalue weighted by molar-refractivity contribution is -0.152. The van der Waals surface area contributed by atoms with E-state index in [1.54, 1.807) is 19.1 Å². The number of aliphatic hydroxyl groups is 1. The van der Waals surface area contributed by atoms with Crippen LogP contribution in [0, 0.1) is 34.5 Å². The third kappa shape index (κ3) is 3.10. The third-order valence-corrected chi connectivity index (χ3v) is 9.92. The molecule has 1 unspecified atom stereocenters. The van der Waals surface area contributed by atoms with E-state index in [0.717, 1.165) is 24.8 Å². The molecule has 6 heteroatoms.